The summed E-state index contributed by atoms with van der Waals surface area (Å²) in [5, 5.41) is 6.17. The molecule has 2 rings (SSSR count). The number of amides is 3. The Hall–Kier alpha value is -1.30. The molecule has 0 bridgehead atoms. The fourth-order valence-corrected chi connectivity index (χ4v) is 3.94. The molecule has 6 nitrogen and oxygen atoms in total. The molecular weight excluding hydrogens is 328 g/mol. The van der Waals surface area contributed by atoms with Crippen molar-refractivity contribution < 1.29 is 9.59 Å². The van der Waals surface area contributed by atoms with Crippen LogP contribution in [0.2, 0.25) is 0 Å². The SMILES string of the molecule is CC(C)C(=O)NCC1CCCN(C(=O)NCC2CCCN(C(C)C)C2)C1. The Morgan fingerprint density at radius 1 is 0.923 bits per heavy atom. The number of urea groups is 1. The van der Waals surface area contributed by atoms with Crippen molar-refractivity contribution in [2.75, 3.05) is 39.3 Å². The van der Waals surface area contributed by atoms with Gasteiger partial charge in [-0.1, -0.05) is 13.8 Å². The second kappa shape index (κ2) is 10.1. The monoisotopic (exact) mass is 366 g/mol. The quantitative estimate of drug-likeness (QED) is 0.758. The molecule has 0 spiro atoms. The van der Waals surface area contributed by atoms with Crippen LogP contribution in [0.25, 0.3) is 0 Å². The normalized spacial score (nSPS) is 24.8. The third-order valence-electron chi connectivity index (χ3n) is 5.72. The molecule has 2 N–H and O–H groups in total. The van der Waals surface area contributed by atoms with Gasteiger partial charge in [0.15, 0.2) is 0 Å². The van der Waals surface area contributed by atoms with Crippen LogP contribution in [0.15, 0.2) is 0 Å². The first kappa shape index (κ1) is 21.0. The molecule has 0 aromatic rings. The molecule has 2 heterocycles. The maximum atomic E-state index is 12.6. The second-order valence-electron chi connectivity index (χ2n) is 8.64. The molecule has 2 saturated heterocycles. The lowest BCUT2D eigenvalue weighted by Crippen LogP contribution is -2.50. The fourth-order valence-electron chi connectivity index (χ4n) is 3.94. The average Bonchev–Trinajstić information content (AvgIpc) is 2.64. The summed E-state index contributed by atoms with van der Waals surface area (Å²) in [6.45, 7) is 13.6. The highest BCUT2D eigenvalue weighted by atomic mass is 16.2. The van der Waals surface area contributed by atoms with Gasteiger partial charge in [-0.3, -0.25) is 4.79 Å². The number of piperidine rings is 2. The zero-order valence-corrected chi connectivity index (χ0v) is 17.1. The van der Waals surface area contributed by atoms with Gasteiger partial charge in [0.25, 0.3) is 0 Å². The summed E-state index contributed by atoms with van der Waals surface area (Å²) in [4.78, 5) is 28.7. The van der Waals surface area contributed by atoms with Crippen LogP contribution >= 0.6 is 0 Å². The second-order valence-corrected chi connectivity index (χ2v) is 8.64. The number of rotatable bonds is 6. The van der Waals surface area contributed by atoms with Crippen LogP contribution in [-0.2, 0) is 4.79 Å². The van der Waals surface area contributed by atoms with E-state index in [4.69, 9.17) is 0 Å². The molecule has 0 aromatic carbocycles. The Kier molecular flexibility index (Phi) is 8.19. The first-order chi connectivity index (χ1) is 12.4. The first-order valence-electron chi connectivity index (χ1n) is 10.4. The maximum absolute atomic E-state index is 12.6. The van der Waals surface area contributed by atoms with Crippen molar-refractivity contribution in [1.29, 1.82) is 0 Å². The molecule has 150 valence electrons. The number of carbonyl (C=O) groups excluding carboxylic acids is 2. The van der Waals surface area contributed by atoms with Crippen molar-refractivity contribution in [3.63, 3.8) is 0 Å². The Morgan fingerprint density at radius 2 is 1.54 bits per heavy atom. The molecular formula is C20H38N4O2. The molecule has 0 aromatic heterocycles. The zero-order chi connectivity index (χ0) is 19.1. The lowest BCUT2D eigenvalue weighted by molar-refractivity contribution is -0.124. The molecule has 2 unspecified atom stereocenters. The molecule has 2 aliphatic rings. The third-order valence-corrected chi connectivity index (χ3v) is 5.72. The Labute approximate surface area is 159 Å². The van der Waals surface area contributed by atoms with Crippen molar-refractivity contribution in [1.82, 2.24) is 20.4 Å². The highest BCUT2D eigenvalue weighted by molar-refractivity contribution is 5.77. The molecule has 6 heteroatoms. The Balaban J connectivity index is 1.72. The molecule has 2 aliphatic heterocycles. The van der Waals surface area contributed by atoms with Crippen LogP contribution in [0, 0.1) is 17.8 Å². The summed E-state index contributed by atoms with van der Waals surface area (Å²) in [6, 6.07) is 0.643. The molecule has 2 atom stereocenters. The largest absolute Gasteiger partial charge is 0.356 e. The summed E-state index contributed by atoms with van der Waals surface area (Å²) < 4.78 is 0. The topological polar surface area (TPSA) is 64.7 Å². The molecule has 0 radical (unpaired) electrons. The summed E-state index contributed by atoms with van der Waals surface area (Å²) >= 11 is 0. The van der Waals surface area contributed by atoms with Gasteiger partial charge in [0.1, 0.15) is 0 Å². The highest BCUT2D eigenvalue weighted by Gasteiger charge is 2.26. The van der Waals surface area contributed by atoms with Gasteiger partial charge in [0, 0.05) is 44.7 Å². The van der Waals surface area contributed by atoms with Crippen LogP contribution < -0.4 is 10.6 Å². The van der Waals surface area contributed by atoms with Crippen molar-refractivity contribution >= 4 is 11.9 Å². The lowest BCUT2D eigenvalue weighted by Gasteiger charge is -2.36. The molecule has 2 fully saturated rings. The van der Waals surface area contributed by atoms with Crippen LogP contribution in [-0.4, -0.2) is 67.0 Å². The van der Waals surface area contributed by atoms with E-state index in [2.05, 4.69) is 29.4 Å². The molecule has 0 saturated carbocycles. The van der Waals surface area contributed by atoms with Crippen molar-refractivity contribution in [2.24, 2.45) is 17.8 Å². The molecule has 3 amide bonds. The molecule has 26 heavy (non-hydrogen) atoms. The van der Waals surface area contributed by atoms with Gasteiger partial charge in [-0.05, 0) is 57.9 Å². The van der Waals surface area contributed by atoms with Gasteiger partial charge in [0.2, 0.25) is 5.91 Å². The standard InChI is InChI=1S/C20H38N4O2/c1-15(2)19(25)21-11-17-8-6-10-24(14-17)20(26)22-12-18-7-5-9-23(13-18)16(3)4/h15-18H,5-14H2,1-4H3,(H,21,25)(H,22,26). The number of hydrogen-bond donors (Lipinski definition) is 2. The predicted octanol–water partition coefficient (Wildman–Crippen LogP) is 2.30. The van der Waals surface area contributed by atoms with Crippen molar-refractivity contribution in [2.45, 2.75) is 59.4 Å². The summed E-state index contributed by atoms with van der Waals surface area (Å²) in [6.07, 6.45) is 4.52. The molecule has 0 aliphatic carbocycles. The number of likely N-dealkylation sites (tertiary alicyclic amines) is 2. The third kappa shape index (κ3) is 6.45. The number of nitrogens with zero attached hydrogens (tertiary/aromatic N) is 2. The summed E-state index contributed by atoms with van der Waals surface area (Å²) in [5.41, 5.74) is 0. The predicted molar refractivity (Wildman–Crippen MR) is 105 cm³/mol. The average molecular weight is 367 g/mol. The Bertz CT molecular complexity index is 467. The smallest absolute Gasteiger partial charge is 0.317 e. The van der Waals surface area contributed by atoms with Crippen molar-refractivity contribution in [3.05, 3.63) is 0 Å². The van der Waals surface area contributed by atoms with E-state index in [9.17, 15) is 9.59 Å². The first-order valence-corrected chi connectivity index (χ1v) is 10.4. The van der Waals surface area contributed by atoms with Gasteiger partial charge in [-0.2, -0.15) is 0 Å². The van der Waals surface area contributed by atoms with E-state index in [1.165, 1.54) is 19.4 Å². The van der Waals surface area contributed by atoms with Gasteiger partial charge in [-0.15, -0.1) is 0 Å². The van der Waals surface area contributed by atoms with E-state index in [1.807, 2.05) is 18.7 Å². The van der Waals surface area contributed by atoms with E-state index in [-0.39, 0.29) is 17.9 Å². The maximum Gasteiger partial charge on any atom is 0.317 e. The van der Waals surface area contributed by atoms with Crippen LogP contribution in [0.1, 0.15) is 53.4 Å². The summed E-state index contributed by atoms with van der Waals surface area (Å²) in [7, 11) is 0. The lowest BCUT2D eigenvalue weighted by atomic mass is 9.96. The van der Waals surface area contributed by atoms with E-state index in [1.54, 1.807) is 0 Å². The van der Waals surface area contributed by atoms with Gasteiger partial charge < -0.3 is 20.4 Å². The minimum atomic E-state index is 0.0129. The van der Waals surface area contributed by atoms with Crippen LogP contribution in [0.4, 0.5) is 4.79 Å². The van der Waals surface area contributed by atoms with Crippen LogP contribution in [0.3, 0.4) is 0 Å². The number of nitrogens with one attached hydrogen (secondary N) is 2. The number of carbonyl (C=O) groups is 2. The van der Waals surface area contributed by atoms with Gasteiger partial charge >= 0.3 is 6.03 Å². The van der Waals surface area contributed by atoms with E-state index < -0.39 is 0 Å². The highest BCUT2D eigenvalue weighted by Crippen LogP contribution is 2.19. The number of hydrogen-bond acceptors (Lipinski definition) is 3. The van der Waals surface area contributed by atoms with E-state index in [0.29, 0.717) is 24.4 Å². The summed E-state index contributed by atoms with van der Waals surface area (Å²) in [5.74, 6) is 1.03. The van der Waals surface area contributed by atoms with Gasteiger partial charge in [0.05, 0.1) is 0 Å². The van der Waals surface area contributed by atoms with E-state index >= 15 is 0 Å². The zero-order valence-electron chi connectivity index (χ0n) is 17.1. The van der Waals surface area contributed by atoms with Crippen LogP contribution in [0.5, 0.6) is 0 Å². The minimum Gasteiger partial charge on any atom is -0.356 e. The van der Waals surface area contributed by atoms with Crippen molar-refractivity contribution in [3.8, 4) is 0 Å². The Morgan fingerprint density at radius 3 is 2.19 bits per heavy atom. The van der Waals surface area contributed by atoms with E-state index in [0.717, 1.165) is 39.0 Å². The fraction of sp³-hybridized carbons (Fsp3) is 0.900. The minimum absolute atomic E-state index is 0.0129. The van der Waals surface area contributed by atoms with Gasteiger partial charge in [-0.25, -0.2) is 4.79 Å².